The van der Waals surface area contributed by atoms with Gasteiger partial charge in [0.15, 0.2) is 0 Å². The van der Waals surface area contributed by atoms with Gasteiger partial charge < -0.3 is 15.3 Å². The summed E-state index contributed by atoms with van der Waals surface area (Å²) in [6.45, 7) is 4.19. The van der Waals surface area contributed by atoms with E-state index in [1.54, 1.807) is 0 Å². The molecule has 90 valence electrons. The summed E-state index contributed by atoms with van der Waals surface area (Å²) in [6, 6.07) is 4.41. The highest BCUT2D eigenvalue weighted by Crippen LogP contribution is 2.16. The summed E-state index contributed by atoms with van der Waals surface area (Å²) in [5.74, 6) is 0. The molecule has 1 aromatic rings. The maximum Gasteiger partial charge on any atom is 0.0632 e. The standard InChI is InChI=1S/C12H21N3O/c1-9(8-16)15(4)11-5-6-12(14-7-11)10(2)13-3/h5-7,9-10,13,16H,8H2,1-4H3. The number of aliphatic hydroxyl groups is 1. The molecule has 1 aromatic heterocycles. The number of hydrogen-bond acceptors (Lipinski definition) is 4. The quantitative estimate of drug-likeness (QED) is 0.787. The van der Waals surface area contributed by atoms with Crippen LogP contribution in [0.2, 0.25) is 0 Å². The predicted octanol–water partition coefficient (Wildman–Crippen LogP) is 1.18. The summed E-state index contributed by atoms with van der Waals surface area (Å²) < 4.78 is 0. The average molecular weight is 223 g/mol. The molecule has 0 aromatic carbocycles. The van der Waals surface area contributed by atoms with Crippen LogP contribution in [0, 0.1) is 0 Å². The summed E-state index contributed by atoms with van der Waals surface area (Å²) >= 11 is 0. The van der Waals surface area contributed by atoms with E-state index in [0.29, 0.717) is 0 Å². The number of nitrogens with one attached hydrogen (secondary N) is 1. The maximum absolute atomic E-state index is 9.08. The highest BCUT2D eigenvalue weighted by Gasteiger charge is 2.10. The van der Waals surface area contributed by atoms with Crippen molar-refractivity contribution in [2.45, 2.75) is 25.9 Å². The number of hydrogen-bond donors (Lipinski definition) is 2. The second-order valence-electron chi connectivity index (χ2n) is 4.09. The minimum Gasteiger partial charge on any atom is -0.394 e. The summed E-state index contributed by atoms with van der Waals surface area (Å²) in [5, 5.41) is 12.2. The van der Waals surface area contributed by atoms with Gasteiger partial charge in [0.05, 0.1) is 24.2 Å². The van der Waals surface area contributed by atoms with Gasteiger partial charge in [-0.2, -0.15) is 0 Å². The molecule has 0 spiro atoms. The van der Waals surface area contributed by atoms with Crippen LogP contribution in [0.4, 0.5) is 5.69 Å². The van der Waals surface area contributed by atoms with E-state index in [1.165, 1.54) is 0 Å². The second kappa shape index (κ2) is 5.82. The minimum atomic E-state index is 0.106. The van der Waals surface area contributed by atoms with Crippen LogP contribution < -0.4 is 10.2 Å². The molecule has 0 saturated heterocycles. The van der Waals surface area contributed by atoms with E-state index in [2.05, 4.69) is 17.2 Å². The van der Waals surface area contributed by atoms with Gasteiger partial charge in [-0.3, -0.25) is 4.98 Å². The van der Waals surface area contributed by atoms with Crippen molar-refractivity contribution in [3.05, 3.63) is 24.0 Å². The monoisotopic (exact) mass is 223 g/mol. The molecule has 0 aliphatic carbocycles. The first-order valence-electron chi connectivity index (χ1n) is 5.57. The fourth-order valence-corrected chi connectivity index (χ4v) is 1.39. The summed E-state index contributed by atoms with van der Waals surface area (Å²) in [4.78, 5) is 6.42. The van der Waals surface area contributed by atoms with Crippen molar-refractivity contribution in [1.29, 1.82) is 0 Å². The molecule has 0 saturated carbocycles. The Morgan fingerprint density at radius 2 is 2.12 bits per heavy atom. The van der Waals surface area contributed by atoms with Crippen molar-refractivity contribution in [2.24, 2.45) is 0 Å². The molecule has 4 nitrogen and oxygen atoms in total. The summed E-state index contributed by atoms with van der Waals surface area (Å²) in [5.41, 5.74) is 2.05. The number of pyridine rings is 1. The van der Waals surface area contributed by atoms with Crippen molar-refractivity contribution >= 4 is 5.69 Å². The number of likely N-dealkylation sites (N-methyl/N-ethyl adjacent to an activating group) is 1. The van der Waals surface area contributed by atoms with E-state index < -0.39 is 0 Å². The fraction of sp³-hybridized carbons (Fsp3) is 0.583. The largest absolute Gasteiger partial charge is 0.394 e. The van der Waals surface area contributed by atoms with Crippen molar-refractivity contribution in [2.75, 3.05) is 25.6 Å². The molecule has 1 rings (SSSR count). The number of nitrogens with zero attached hydrogens (tertiary/aromatic N) is 2. The fourth-order valence-electron chi connectivity index (χ4n) is 1.39. The van der Waals surface area contributed by atoms with Crippen LogP contribution in [0.5, 0.6) is 0 Å². The van der Waals surface area contributed by atoms with Gasteiger partial charge in [0.1, 0.15) is 0 Å². The van der Waals surface area contributed by atoms with E-state index in [9.17, 15) is 0 Å². The lowest BCUT2D eigenvalue weighted by Gasteiger charge is -2.25. The molecule has 0 bridgehead atoms. The van der Waals surface area contributed by atoms with Gasteiger partial charge in [0.2, 0.25) is 0 Å². The van der Waals surface area contributed by atoms with Crippen molar-refractivity contribution in [3.63, 3.8) is 0 Å². The number of anilines is 1. The lowest BCUT2D eigenvalue weighted by atomic mass is 10.2. The summed E-state index contributed by atoms with van der Waals surface area (Å²) in [6.07, 6.45) is 1.84. The third kappa shape index (κ3) is 2.93. The predicted molar refractivity (Wildman–Crippen MR) is 66.7 cm³/mol. The normalized spacial score (nSPS) is 14.6. The SMILES string of the molecule is CNC(C)c1ccc(N(C)C(C)CO)cn1. The van der Waals surface area contributed by atoms with Crippen molar-refractivity contribution in [1.82, 2.24) is 10.3 Å². The van der Waals surface area contributed by atoms with Crippen LogP contribution in [0.3, 0.4) is 0 Å². The summed E-state index contributed by atoms with van der Waals surface area (Å²) in [7, 11) is 3.87. The molecule has 0 radical (unpaired) electrons. The molecule has 0 amide bonds. The minimum absolute atomic E-state index is 0.106. The first-order valence-corrected chi connectivity index (χ1v) is 5.57. The third-order valence-electron chi connectivity index (χ3n) is 2.98. The topological polar surface area (TPSA) is 48.4 Å². The van der Waals surface area contributed by atoms with Gasteiger partial charge in [-0.25, -0.2) is 0 Å². The van der Waals surface area contributed by atoms with Crippen LogP contribution in [-0.2, 0) is 0 Å². The number of aliphatic hydroxyl groups excluding tert-OH is 1. The van der Waals surface area contributed by atoms with E-state index in [4.69, 9.17) is 5.11 Å². The Morgan fingerprint density at radius 3 is 2.56 bits per heavy atom. The smallest absolute Gasteiger partial charge is 0.0632 e. The number of rotatable bonds is 5. The van der Waals surface area contributed by atoms with Crippen LogP contribution in [-0.4, -0.2) is 36.8 Å². The molecule has 16 heavy (non-hydrogen) atoms. The van der Waals surface area contributed by atoms with Crippen molar-refractivity contribution < 1.29 is 5.11 Å². The molecule has 0 aliphatic rings. The Labute approximate surface area is 97.3 Å². The van der Waals surface area contributed by atoms with Gasteiger partial charge in [0.25, 0.3) is 0 Å². The van der Waals surface area contributed by atoms with E-state index in [1.807, 2.05) is 44.2 Å². The molecule has 0 fully saturated rings. The molecular formula is C12H21N3O. The van der Waals surface area contributed by atoms with Crippen LogP contribution in [0.1, 0.15) is 25.6 Å². The lowest BCUT2D eigenvalue weighted by molar-refractivity contribution is 0.270. The van der Waals surface area contributed by atoms with Gasteiger partial charge in [-0.1, -0.05) is 0 Å². The molecular weight excluding hydrogens is 202 g/mol. The van der Waals surface area contributed by atoms with Gasteiger partial charge in [0, 0.05) is 19.1 Å². The van der Waals surface area contributed by atoms with Gasteiger partial charge in [-0.15, -0.1) is 0 Å². The van der Waals surface area contributed by atoms with E-state index in [-0.39, 0.29) is 18.7 Å². The zero-order chi connectivity index (χ0) is 12.1. The first kappa shape index (κ1) is 12.9. The molecule has 2 unspecified atom stereocenters. The van der Waals surface area contributed by atoms with Gasteiger partial charge >= 0.3 is 0 Å². The molecule has 2 N–H and O–H groups in total. The van der Waals surface area contributed by atoms with Crippen LogP contribution in [0.15, 0.2) is 18.3 Å². The molecule has 0 aliphatic heterocycles. The Morgan fingerprint density at radius 1 is 1.44 bits per heavy atom. The van der Waals surface area contributed by atoms with Crippen LogP contribution >= 0.6 is 0 Å². The van der Waals surface area contributed by atoms with Gasteiger partial charge in [-0.05, 0) is 33.0 Å². The zero-order valence-corrected chi connectivity index (χ0v) is 10.4. The highest BCUT2D eigenvalue weighted by atomic mass is 16.3. The Hall–Kier alpha value is -1.13. The second-order valence-corrected chi connectivity index (χ2v) is 4.09. The Bertz CT molecular complexity index is 313. The zero-order valence-electron chi connectivity index (χ0n) is 10.4. The van der Waals surface area contributed by atoms with Crippen molar-refractivity contribution in [3.8, 4) is 0 Å². The van der Waals surface area contributed by atoms with E-state index >= 15 is 0 Å². The Balaban J connectivity index is 2.78. The molecule has 4 heteroatoms. The van der Waals surface area contributed by atoms with E-state index in [0.717, 1.165) is 11.4 Å². The Kier molecular flexibility index (Phi) is 4.71. The number of aromatic nitrogens is 1. The van der Waals surface area contributed by atoms with Crippen LogP contribution in [0.25, 0.3) is 0 Å². The first-order chi connectivity index (χ1) is 7.60. The third-order valence-corrected chi connectivity index (χ3v) is 2.98. The molecule has 2 atom stereocenters. The maximum atomic E-state index is 9.08. The lowest BCUT2D eigenvalue weighted by Crippen LogP contribution is -2.31. The molecule has 1 heterocycles. The average Bonchev–Trinajstić information content (AvgIpc) is 2.36. The highest BCUT2D eigenvalue weighted by molar-refractivity contribution is 5.44.